The second-order valence-electron chi connectivity index (χ2n) is 6.53. The average molecular weight is 348 g/mol. The summed E-state index contributed by atoms with van der Waals surface area (Å²) in [6.07, 6.45) is 4.15. The van der Waals surface area contributed by atoms with Crippen molar-refractivity contribution in [3.63, 3.8) is 0 Å². The summed E-state index contributed by atoms with van der Waals surface area (Å²) in [5.74, 6) is 0. The Kier molecular flexibility index (Phi) is 3.90. The molecule has 0 amide bonds. The fourth-order valence-electron chi connectivity index (χ4n) is 3.49. The molecule has 2 atom stereocenters. The summed E-state index contributed by atoms with van der Waals surface area (Å²) >= 11 is 0. The molecule has 4 rings (SSSR count). The molecule has 0 N–H and O–H groups in total. The van der Waals surface area contributed by atoms with Gasteiger partial charge >= 0.3 is 0 Å². The van der Waals surface area contributed by atoms with Gasteiger partial charge in [-0.2, -0.15) is 0 Å². The van der Waals surface area contributed by atoms with Crippen LogP contribution in [0.15, 0.2) is 35.4 Å². The van der Waals surface area contributed by atoms with Gasteiger partial charge in [-0.3, -0.25) is 4.90 Å². The summed E-state index contributed by atoms with van der Waals surface area (Å²) in [5, 5.41) is 8.21. The van der Waals surface area contributed by atoms with Crippen molar-refractivity contribution in [1.29, 1.82) is 0 Å². The SMILES string of the molecule is CS(=O)(=O)c1ccc(CN2CCC3OCc4cnnn4C3C2)cc1. The highest BCUT2D eigenvalue weighted by Crippen LogP contribution is 2.30. The molecule has 2 unspecified atom stereocenters. The number of hydrogen-bond donors (Lipinski definition) is 0. The predicted octanol–water partition coefficient (Wildman–Crippen LogP) is 1.03. The van der Waals surface area contributed by atoms with Crippen molar-refractivity contribution in [3.05, 3.63) is 41.7 Å². The van der Waals surface area contributed by atoms with E-state index in [0.29, 0.717) is 11.5 Å². The zero-order valence-corrected chi connectivity index (χ0v) is 14.3. The van der Waals surface area contributed by atoms with Gasteiger partial charge in [0.15, 0.2) is 9.84 Å². The van der Waals surface area contributed by atoms with Gasteiger partial charge in [-0.25, -0.2) is 13.1 Å². The van der Waals surface area contributed by atoms with Crippen LogP contribution in [0.4, 0.5) is 0 Å². The molecule has 2 aliphatic heterocycles. The number of nitrogens with zero attached hydrogens (tertiary/aromatic N) is 4. The molecule has 8 heteroatoms. The van der Waals surface area contributed by atoms with Gasteiger partial charge in [0.1, 0.15) is 0 Å². The van der Waals surface area contributed by atoms with E-state index in [1.165, 1.54) is 6.26 Å². The van der Waals surface area contributed by atoms with E-state index in [1.807, 2.05) is 16.8 Å². The van der Waals surface area contributed by atoms with E-state index in [2.05, 4.69) is 15.2 Å². The third-order valence-corrected chi connectivity index (χ3v) is 5.90. The van der Waals surface area contributed by atoms with Crippen molar-refractivity contribution < 1.29 is 13.2 Å². The third-order valence-electron chi connectivity index (χ3n) is 4.77. The van der Waals surface area contributed by atoms with E-state index in [-0.39, 0.29) is 12.1 Å². The van der Waals surface area contributed by atoms with E-state index in [4.69, 9.17) is 4.74 Å². The molecule has 24 heavy (non-hydrogen) atoms. The first-order valence-corrected chi connectivity index (χ1v) is 9.92. The van der Waals surface area contributed by atoms with Gasteiger partial charge in [-0.05, 0) is 24.1 Å². The smallest absolute Gasteiger partial charge is 0.175 e. The molecule has 0 aliphatic carbocycles. The number of piperidine rings is 1. The van der Waals surface area contributed by atoms with E-state index < -0.39 is 9.84 Å². The monoisotopic (exact) mass is 348 g/mol. The third kappa shape index (κ3) is 2.97. The van der Waals surface area contributed by atoms with E-state index in [1.54, 1.807) is 18.3 Å². The van der Waals surface area contributed by atoms with Gasteiger partial charge < -0.3 is 4.74 Å². The maximum absolute atomic E-state index is 11.5. The van der Waals surface area contributed by atoms with Crippen LogP contribution in [-0.4, -0.2) is 53.8 Å². The number of aromatic nitrogens is 3. The van der Waals surface area contributed by atoms with Crippen molar-refractivity contribution in [2.75, 3.05) is 19.3 Å². The van der Waals surface area contributed by atoms with Gasteiger partial charge in [-0.1, -0.05) is 17.3 Å². The molecule has 1 aromatic carbocycles. The number of hydrogen-bond acceptors (Lipinski definition) is 6. The molecule has 1 fully saturated rings. The maximum atomic E-state index is 11.5. The van der Waals surface area contributed by atoms with E-state index in [9.17, 15) is 8.42 Å². The normalized spacial score (nSPS) is 24.4. The van der Waals surface area contributed by atoms with Crippen molar-refractivity contribution in [2.24, 2.45) is 0 Å². The van der Waals surface area contributed by atoms with Crippen LogP contribution in [0.2, 0.25) is 0 Å². The van der Waals surface area contributed by atoms with Crippen molar-refractivity contribution in [2.45, 2.75) is 36.6 Å². The zero-order valence-electron chi connectivity index (χ0n) is 13.5. The standard InChI is InChI=1S/C16H20N4O3S/c1-24(21,22)14-4-2-12(3-5-14)9-19-7-6-16-15(10-19)20-13(11-23-16)8-17-18-20/h2-5,8,15-16H,6-7,9-11H2,1H3. The minimum Gasteiger partial charge on any atom is -0.370 e. The first-order chi connectivity index (χ1) is 11.5. The highest BCUT2D eigenvalue weighted by molar-refractivity contribution is 7.90. The van der Waals surface area contributed by atoms with Gasteiger partial charge in [0, 0.05) is 25.9 Å². The number of likely N-dealkylation sites (tertiary alicyclic amines) is 1. The minimum absolute atomic E-state index is 0.195. The Hall–Kier alpha value is -1.77. The van der Waals surface area contributed by atoms with Crippen molar-refractivity contribution in [1.82, 2.24) is 19.9 Å². The fraction of sp³-hybridized carbons (Fsp3) is 0.500. The molecule has 0 saturated carbocycles. The molecule has 1 aromatic heterocycles. The topological polar surface area (TPSA) is 77.3 Å². The summed E-state index contributed by atoms with van der Waals surface area (Å²) in [4.78, 5) is 2.72. The van der Waals surface area contributed by atoms with Crippen LogP contribution < -0.4 is 0 Å². The highest BCUT2D eigenvalue weighted by atomic mass is 32.2. The Morgan fingerprint density at radius 1 is 1.29 bits per heavy atom. The number of sulfone groups is 1. The van der Waals surface area contributed by atoms with Gasteiger partial charge in [-0.15, -0.1) is 5.10 Å². The van der Waals surface area contributed by atoms with Crippen molar-refractivity contribution >= 4 is 9.84 Å². The molecule has 1 saturated heterocycles. The molecule has 7 nitrogen and oxygen atoms in total. The molecule has 0 bridgehead atoms. The predicted molar refractivity (Wildman–Crippen MR) is 87.1 cm³/mol. The van der Waals surface area contributed by atoms with Crippen LogP contribution in [-0.2, 0) is 27.7 Å². The number of fused-ring (bicyclic) bond motifs is 3. The lowest BCUT2D eigenvalue weighted by molar-refractivity contribution is -0.0669. The second kappa shape index (κ2) is 5.94. The van der Waals surface area contributed by atoms with Crippen LogP contribution in [0.3, 0.4) is 0 Å². The van der Waals surface area contributed by atoms with Crippen LogP contribution in [0.5, 0.6) is 0 Å². The highest BCUT2D eigenvalue weighted by Gasteiger charge is 2.36. The second-order valence-corrected chi connectivity index (χ2v) is 8.54. The largest absolute Gasteiger partial charge is 0.370 e. The average Bonchev–Trinajstić information content (AvgIpc) is 3.03. The van der Waals surface area contributed by atoms with E-state index >= 15 is 0 Å². The quantitative estimate of drug-likeness (QED) is 0.824. The fourth-order valence-corrected chi connectivity index (χ4v) is 4.12. The summed E-state index contributed by atoms with van der Waals surface area (Å²) in [6, 6.07) is 7.33. The molecule has 2 aromatic rings. The number of rotatable bonds is 3. The Bertz CT molecular complexity index is 831. The summed E-state index contributed by atoms with van der Waals surface area (Å²) in [5.41, 5.74) is 2.13. The molecular weight excluding hydrogens is 328 g/mol. The summed E-state index contributed by atoms with van der Waals surface area (Å²) < 4.78 is 31.0. The molecule has 128 valence electrons. The van der Waals surface area contributed by atoms with Crippen molar-refractivity contribution in [3.8, 4) is 0 Å². The molecule has 0 radical (unpaired) electrons. The Labute approximate surface area is 141 Å². The van der Waals surface area contributed by atoms with Gasteiger partial charge in [0.25, 0.3) is 0 Å². The summed E-state index contributed by atoms with van der Waals surface area (Å²) in [6.45, 7) is 3.19. The number of benzene rings is 1. The number of ether oxygens (including phenoxy) is 1. The zero-order chi connectivity index (χ0) is 16.7. The van der Waals surface area contributed by atoms with Gasteiger partial charge in [0.2, 0.25) is 0 Å². The lowest BCUT2D eigenvalue weighted by atomic mass is 10.00. The molecular formula is C16H20N4O3S. The van der Waals surface area contributed by atoms with Crippen LogP contribution in [0.25, 0.3) is 0 Å². The van der Waals surface area contributed by atoms with Crippen LogP contribution in [0, 0.1) is 0 Å². The summed E-state index contributed by atoms with van der Waals surface area (Å²) in [7, 11) is -3.14. The lowest BCUT2D eigenvalue weighted by Crippen LogP contribution is -2.47. The minimum atomic E-state index is -3.14. The van der Waals surface area contributed by atoms with E-state index in [0.717, 1.165) is 37.3 Å². The lowest BCUT2D eigenvalue weighted by Gasteiger charge is -2.41. The van der Waals surface area contributed by atoms with Gasteiger partial charge in [0.05, 0.1) is 35.5 Å². The first kappa shape index (κ1) is 15.7. The Morgan fingerprint density at radius 2 is 2.08 bits per heavy atom. The molecule has 2 aliphatic rings. The maximum Gasteiger partial charge on any atom is 0.175 e. The molecule has 3 heterocycles. The van der Waals surface area contributed by atoms with Crippen LogP contribution >= 0.6 is 0 Å². The Morgan fingerprint density at radius 3 is 2.83 bits per heavy atom. The molecule has 0 spiro atoms. The van der Waals surface area contributed by atoms with Crippen LogP contribution in [0.1, 0.15) is 23.7 Å². The Balaban J connectivity index is 1.47. The first-order valence-electron chi connectivity index (χ1n) is 8.03.